The number of phenolic OH excluding ortho intramolecular Hbond substituents is 1. The molecule has 0 atom stereocenters. The standard InChI is InChI=1S/C25H15ClN8O2/c1-27-20-14-30-34(25-28-10-5-11-29-25)23(20)33-32-19-12-15-6-2-3-9-18(15)21(22(19)35)24(36)31-17-8-4-7-16(26)13-17/h2-14,35H,(H,31,36)/b33-32+. The Morgan fingerprint density at radius 1 is 1.06 bits per heavy atom. The van der Waals surface area contributed by atoms with E-state index in [0.717, 1.165) is 0 Å². The summed E-state index contributed by atoms with van der Waals surface area (Å²) in [6.07, 6.45) is 4.38. The van der Waals surface area contributed by atoms with Gasteiger partial charge in [-0.15, -0.1) is 10.2 Å². The fraction of sp³-hybridized carbons (Fsp3) is 0. The van der Waals surface area contributed by atoms with Gasteiger partial charge in [0.15, 0.2) is 11.6 Å². The lowest BCUT2D eigenvalue weighted by Gasteiger charge is -2.12. The highest BCUT2D eigenvalue weighted by Gasteiger charge is 2.20. The number of aromatic hydroxyl groups is 1. The van der Waals surface area contributed by atoms with Crippen molar-refractivity contribution in [3.63, 3.8) is 0 Å². The Morgan fingerprint density at radius 3 is 2.64 bits per heavy atom. The SMILES string of the molecule is [C-]#[N+]c1cnn(-c2ncccn2)c1/N=N/c1cc2ccccc2c(C(=O)Nc2cccc(Cl)c2)c1O. The molecule has 2 heterocycles. The number of azo groups is 1. The largest absolute Gasteiger partial charge is 0.505 e. The molecule has 0 spiro atoms. The highest BCUT2D eigenvalue weighted by atomic mass is 35.5. The van der Waals surface area contributed by atoms with Gasteiger partial charge in [0.2, 0.25) is 0 Å². The van der Waals surface area contributed by atoms with Crippen LogP contribution >= 0.6 is 11.6 Å². The topological polar surface area (TPSA) is 122 Å². The molecule has 0 saturated heterocycles. The highest BCUT2D eigenvalue weighted by molar-refractivity contribution is 6.31. The number of rotatable bonds is 5. The van der Waals surface area contributed by atoms with Crippen LogP contribution in [0, 0.1) is 6.57 Å². The number of fused-ring (bicyclic) bond motifs is 1. The van der Waals surface area contributed by atoms with Crippen molar-refractivity contribution in [3.05, 3.63) is 101 Å². The minimum Gasteiger partial charge on any atom is -0.505 e. The highest BCUT2D eigenvalue weighted by Crippen LogP contribution is 2.39. The summed E-state index contributed by atoms with van der Waals surface area (Å²) >= 11 is 6.03. The monoisotopic (exact) mass is 494 g/mol. The van der Waals surface area contributed by atoms with Crippen LogP contribution in [0.1, 0.15) is 10.4 Å². The van der Waals surface area contributed by atoms with Crippen molar-refractivity contribution in [2.24, 2.45) is 10.2 Å². The second kappa shape index (κ2) is 9.61. The average Bonchev–Trinajstić information content (AvgIpc) is 3.31. The first kappa shape index (κ1) is 22.6. The molecule has 0 aliphatic heterocycles. The summed E-state index contributed by atoms with van der Waals surface area (Å²) in [7, 11) is 0. The molecule has 0 radical (unpaired) electrons. The number of benzene rings is 3. The van der Waals surface area contributed by atoms with Crippen molar-refractivity contribution >= 4 is 51.2 Å². The van der Waals surface area contributed by atoms with Crippen LogP contribution in [-0.4, -0.2) is 30.8 Å². The molecule has 0 bridgehead atoms. The fourth-order valence-electron chi connectivity index (χ4n) is 3.54. The van der Waals surface area contributed by atoms with Crippen LogP contribution in [0.15, 0.2) is 89.5 Å². The molecule has 36 heavy (non-hydrogen) atoms. The summed E-state index contributed by atoms with van der Waals surface area (Å²) in [6.45, 7) is 7.42. The zero-order chi connectivity index (χ0) is 25.1. The maximum Gasteiger partial charge on any atom is 0.260 e. The lowest BCUT2D eigenvalue weighted by Crippen LogP contribution is -2.12. The van der Waals surface area contributed by atoms with E-state index in [1.165, 1.54) is 23.3 Å². The van der Waals surface area contributed by atoms with E-state index in [1.807, 2.05) is 0 Å². The number of carbonyl (C=O) groups excluding carboxylic acids is 1. The van der Waals surface area contributed by atoms with Gasteiger partial charge in [0.1, 0.15) is 5.69 Å². The Hall–Kier alpha value is -5.14. The predicted octanol–water partition coefficient (Wildman–Crippen LogP) is 6.39. The van der Waals surface area contributed by atoms with Crippen molar-refractivity contribution in [1.82, 2.24) is 19.7 Å². The van der Waals surface area contributed by atoms with Gasteiger partial charge < -0.3 is 10.4 Å². The average molecular weight is 495 g/mol. The fourth-order valence-corrected chi connectivity index (χ4v) is 3.73. The first-order chi connectivity index (χ1) is 17.5. The summed E-state index contributed by atoms with van der Waals surface area (Å²) in [6, 6.07) is 17.0. The molecule has 0 unspecified atom stereocenters. The van der Waals surface area contributed by atoms with Crippen molar-refractivity contribution in [1.29, 1.82) is 0 Å². The number of amides is 1. The van der Waals surface area contributed by atoms with Crippen molar-refractivity contribution in [2.45, 2.75) is 0 Å². The number of nitrogens with zero attached hydrogens (tertiary/aromatic N) is 7. The summed E-state index contributed by atoms with van der Waals surface area (Å²) in [5.41, 5.74) is 0.636. The Bertz CT molecular complexity index is 1680. The third-order valence-electron chi connectivity index (χ3n) is 5.15. The van der Waals surface area contributed by atoms with Gasteiger partial charge in [-0.05, 0) is 41.1 Å². The molecule has 2 aromatic heterocycles. The molecule has 11 heteroatoms. The number of aromatic nitrogens is 4. The number of hydrogen-bond acceptors (Lipinski definition) is 7. The van der Waals surface area contributed by atoms with Crippen molar-refractivity contribution < 1.29 is 9.90 Å². The van der Waals surface area contributed by atoms with Gasteiger partial charge in [-0.25, -0.2) is 14.8 Å². The Morgan fingerprint density at radius 2 is 1.86 bits per heavy atom. The third-order valence-corrected chi connectivity index (χ3v) is 5.39. The molecule has 0 aliphatic carbocycles. The molecule has 5 aromatic rings. The quantitative estimate of drug-likeness (QED) is 0.216. The van der Waals surface area contributed by atoms with Gasteiger partial charge in [0.05, 0.1) is 18.3 Å². The Kier molecular flexibility index (Phi) is 6.05. The number of nitrogens with one attached hydrogen (secondary N) is 1. The van der Waals surface area contributed by atoms with E-state index >= 15 is 0 Å². The molecule has 3 aromatic carbocycles. The zero-order valence-electron chi connectivity index (χ0n) is 18.4. The summed E-state index contributed by atoms with van der Waals surface area (Å²) in [5, 5.41) is 27.9. The lowest BCUT2D eigenvalue weighted by atomic mass is 10.0. The number of halogens is 1. The second-order valence-electron chi connectivity index (χ2n) is 7.43. The summed E-state index contributed by atoms with van der Waals surface area (Å²) < 4.78 is 1.27. The van der Waals surface area contributed by atoms with Crippen LogP contribution in [0.25, 0.3) is 21.6 Å². The first-order valence-corrected chi connectivity index (χ1v) is 10.9. The Balaban J connectivity index is 1.60. The maximum atomic E-state index is 13.2. The second-order valence-corrected chi connectivity index (χ2v) is 7.87. The first-order valence-electron chi connectivity index (χ1n) is 10.5. The van der Waals surface area contributed by atoms with Crippen LogP contribution < -0.4 is 5.32 Å². The van der Waals surface area contributed by atoms with Gasteiger partial charge in [-0.3, -0.25) is 4.79 Å². The third kappa shape index (κ3) is 4.34. The molecule has 0 fully saturated rings. The van der Waals surface area contributed by atoms with E-state index < -0.39 is 5.91 Å². The molecule has 174 valence electrons. The minimum atomic E-state index is -0.549. The minimum absolute atomic E-state index is 0.0207. The number of phenols is 1. The van der Waals surface area contributed by atoms with E-state index in [4.69, 9.17) is 18.2 Å². The maximum absolute atomic E-state index is 13.2. The van der Waals surface area contributed by atoms with Crippen LogP contribution in [-0.2, 0) is 0 Å². The van der Waals surface area contributed by atoms with Gasteiger partial charge >= 0.3 is 0 Å². The number of carbonyl (C=O) groups is 1. The molecule has 1 amide bonds. The molecule has 10 nitrogen and oxygen atoms in total. The van der Waals surface area contributed by atoms with Crippen LogP contribution in [0.4, 0.5) is 22.9 Å². The smallest absolute Gasteiger partial charge is 0.260 e. The van der Waals surface area contributed by atoms with E-state index in [9.17, 15) is 9.90 Å². The number of hydrogen-bond donors (Lipinski definition) is 2. The molecule has 5 rings (SSSR count). The molecular formula is C25H15ClN8O2. The van der Waals surface area contributed by atoms with Crippen molar-refractivity contribution in [3.8, 4) is 11.7 Å². The van der Waals surface area contributed by atoms with Gasteiger partial charge in [0.25, 0.3) is 17.5 Å². The van der Waals surface area contributed by atoms with E-state index in [1.54, 1.807) is 60.7 Å². The molecular weight excluding hydrogens is 480 g/mol. The predicted molar refractivity (Wildman–Crippen MR) is 135 cm³/mol. The Labute approximate surface area is 209 Å². The molecule has 2 N–H and O–H groups in total. The molecule has 0 aliphatic rings. The van der Waals surface area contributed by atoms with E-state index in [-0.39, 0.29) is 34.5 Å². The van der Waals surface area contributed by atoms with Gasteiger partial charge in [-0.1, -0.05) is 41.9 Å². The van der Waals surface area contributed by atoms with Crippen LogP contribution in [0.5, 0.6) is 5.75 Å². The van der Waals surface area contributed by atoms with Crippen LogP contribution in [0.3, 0.4) is 0 Å². The van der Waals surface area contributed by atoms with Gasteiger partial charge in [0, 0.05) is 23.1 Å². The zero-order valence-corrected chi connectivity index (χ0v) is 19.1. The number of anilines is 1. The normalized spacial score (nSPS) is 11.0. The van der Waals surface area contributed by atoms with E-state index in [2.05, 4.69) is 35.5 Å². The lowest BCUT2D eigenvalue weighted by molar-refractivity contribution is 0.102. The van der Waals surface area contributed by atoms with E-state index in [0.29, 0.717) is 21.5 Å². The van der Waals surface area contributed by atoms with Crippen molar-refractivity contribution in [2.75, 3.05) is 5.32 Å². The summed E-state index contributed by atoms with van der Waals surface area (Å²) in [5.74, 6) is -0.643. The van der Waals surface area contributed by atoms with Crippen LogP contribution in [0.2, 0.25) is 5.02 Å². The van der Waals surface area contributed by atoms with Gasteiger partial charge in [-0.2, -0.15) is 9.78 Å². The summed E-state index contributed by atoms with van der Waals surface area (Å²) in [4.78, 5) is 24.9. The molecule has 0 saturated carbocycles.